The van der Waals surface area contributed by atoms with E-state index in [1.807, 2.05) is 25.1 Å². The number of rotatable bonds is 3. The predicted molar refractivity (Wildman–Crippen MR) is 78.2 cm³/mol. The summed E-state index contributed by atoms with van der Waals surface area (Å²) in [5.74, 6) is 1.90. The highest BCUT2D eigenvalue weighted by Crippen LogP contribution is 2.39. The Morgan fingerprint density at radius 1 is 1.30 bits per heavy atom. The van der Waals surface area contributed by atoms with Gasteiger partial charge in [0.05, 0.1) is 11.3 Å². The monoisotopic (exact) mass is 284 g/mol. The third-order valence-corrected chi connectivity index (χ3v) is 3.71. The zero-order valence-corrected chi connectivity index (χ0v) is 11.8. The van der Waals surface area contributed by atoms with Gasteiger partial charge in [-0.05, 0) is 31.9 Å². The van der Waals surface area contributed by atoms with Crippen molar-refractivity contribution >= 4 is 23.1 Å². The molecule has 0 saturated heterocycles. The second-order valence-corrected chi connectivity index (χ2v) is 5.26. The third kappa shape index (κ3) is 2.45. The molecule has 20 heavy (non-hydrogen) atoms. The Morgan fingerprint density at radius 2 is 2.05 bits per heavy atom. The molecule has 1 heterocycles. The topological polar surface area (TPSA) is 61.6 Å². The van der Waals surface area contributed by atoms with Crippen LogP contribution >= 0.6 is 11.6 Å². The van der Waals surface area contributed by atoms with E-state index in [-0.39, 0.29) is 0 Å². The van der Waals surface area contributed by atoms with Gasteiger partial charge in [-0.25, -0.2) is 9.97 Å². The maximum atomic E-state index is 9.12. The molecule has 1 aliphatic rings. The smallest absolute Gasteiger partial charge is 0.138 e. The number of aromatic nitrogens is 2. The first kappa shape index (κ1) is 12.9. The van der Waals surface area contributed by atoms with Crippen LogP contribution in [0.25, 0.3) is 0 Å². The van der Waals surface area contributed by atoms with Crippen molar-refractivity contribution < 1.29 is 0 Å². The quantitative estimate of drug-likeness (QED) is 0.868. The average molecular weight is 285 g/mol. The SMILES string of the molecule is Cc1c(Cl)nc(C2CC2)nc1Nc1ccccc1C#N. The molecule has 1 saturated carbocycles. The summed E-state index contributed by atoms with van der Waals surface area (Å²) in [6.07, 6.45) is 2.24. The first-order valence-electron chi connectivity index (χ1n) is 6.49. The summed E-state index contributed by atoms with van der Waals surface area (Å²) in [5.41, 5.74) is 2.10. The zero-order chi connectivity index (χ0) is 14.1. The van der Waals surface area contributed by atoms with Gasteiger partial charge in [0.2, 0.25) is 0 Å². The Labute approximate surface area is 122 Å². The van der Waals surface area contributed by atoms with Crippen LogP contribution in [0.15, 0.2) is 24.3 Å². The van der Waals surface area contributed by atoms with E-state index < -0.39 is 0 Å². The lowest BCUT2D eigenvalue weighted by atomic mass is 10.2. The molecule has 0 atom stereocenters. The number of anilines is 2. The molecule has 100 valence electrons. The van der Waals surface area contributed by atoms with Crippen LogP contribution in [0, 0.1) is 18.3 Å². The van der Waals surface area contributed by atoms with E-state index in [0.29, 0.717) is 22.5 Å². The van der Waals surface area contributed by atoms with E-state index >= 15 is 0 Å². The molecular formula is C15H13ClN4. The van der Waals surface area contributed by atoms with E-state index in [4.69, 9.17) is 16.9 Å². The normalized spacial score (nSPS) is 13.8. The minimum absolute atomic E-state index is 0.430. The first-order valence-corrected chi connectivity index (χ1v) is 6.87. The standard InChI is InChI=1S/C15H13ClN4/c1-9-13(16)19-15(10-6-7-10)20-14(9)18-12-5-3-2-4-11(12)8-17/h2-5,10H,6-7H2,1H3,(H,18,19,20). The lowest BCUT2D eigenvalue weighted by Gasteiger charge is -2.12. The number of para-hydroxylation sites is 1. The molecule has 0 aliphatic heterocycles. The molecule has 1 aromatic carbocycles. The average Bonchev–Trinajstić information content (AvgIpc) is 3.28. The zero-order valence-electron chi connectivity index (χ0n) is 11.0. The van der Waals surface area contributed by atoms with Gasteiger partial charge in [0.1, 0.15) is 22.9 Å². The summed E-state index contributed by atoms with van der Waals surface area (Å²) < 4.78 is 0. The summed E-state index contributed by atoms with van der Waals surface area (Å²) in [7, 11) is 0. The molecule has 4 nitrogen and oxygen atoms in total. The first-order chi connectivity index (χ1) is 9.69. The second-order valence-electron chi connectivity index (χ2n) is 4.90. The van der Waals surface area contributed by atoms with E-state index in [9.17, 15) is 0 Å². The molecule has 0 amide bonds. The highest BCUT2D eigenvalue weighted by atomic mass is 35.5. The van der Waals surface area contributed by atoms with Crippen molar-refractivity contribution in [2.24, 2.45) is 0 Å². The van der Waals surface area contributed by atoms with Gasteiger partial charge in [0.15, 0.2) is 0 Å². The highest BCUT2D eigenvalue weighted by Gasteiger charge is 2.28. The Hall–Kier alpha value is -2.12. The van der Waals surface area contributed by atoms with Crippen LogP contribution in [0.1, 0.15) is 35.7 Å². The van der Waals surface area contributed by atoms with Gasteiger partial charge in [0.25, 0.3) is 0 Å². The predicted octanol–water partition coefficient (Wildman–Crippen LogP) is 3.93. The molecular weight excluding hydrogens is 272 g/mol. The maximum absolute atomic E-state index is 9.12. The number of nitrogens with one attached hydrogen (secondary N) is 1. The third-order valence-electron chi connectivity index (χ3n) is 3.35. The van der Waals surface area contributed by atoms with Gasteiger partial charge in [-0.1, -0.05) is 23.7 Å². The van der Waals surface area contributed by atoms with Crippen molar-refractivity contribution in [2.75, 3.05) is 5.32 Å². The number of hydrogen-bond acceptors (Lipinski definition) is 4. The van der Waals surface area contributed by atoms with E-state index in [1.165, 1.54) is 0 Å². The summed E-state index contributed by atoms with van der Waals surface area (Å²) >= 11 is 6.17. The molecule has 1 N–H and O–H groups in total. The van der Waals surface area contributed by atoms with Crippen molar-refractivity contribution in [3.05, 3.63) is 46.4 Å². The minimum Gasteiger partial charge on any atom is -0.339 e. The molecule has 0 radical (unpaired) electrons. The van der Waals surface area contributed by atoms with Crippen LogP contribution in [0.3, 0.4) is 0 Å². The fourth-order valence-corrected chi connectivity index (χ4v) is 2.14. The molecule has 1 aliphatic carbocycles. The van der Waals surface area contributed by atoms with Gasteiger partial charge < -0.3 is 5.32 Å². The molecule has 0 bridgehead atoms. The lowest BCUT2D eigenvalue weighted by Crippen LogP contribution is -2.04. The van der Waals surface area contributed by atoms with Gasteiger partial charge in [0, 0.05) is 11.5 Å². The number of nitriles is 1. The van der Waals surface area contributed by atoms with Gasteiger partial charge in [-0.15, -0.1) is 0 Å². The number of nitrogens with zero attached hydrogens (tertiary/aromatic N) is 3. The van der Waals surface area contributed by atoms with E-state index in [2.05, 4.69) is 21.4 Å². The number of benzene rings is 1. The van der Waals surface area contributed by atoms with Crippen LogP contribution in [0.4, 0.5) is 11.5 Å². The summed E-state index contributed by atoms with van der Waals surface area (Å²) in [6, 6.07) is 9.49. The largest absolute Gasteiger partial charge is 0.339 e. The van der Waals surface area contributed by atoms with Crippen LogP contribution in [-0.2, 0) is 0 Å². The maximum Gasteiger partial charge on any atom is 0.138 e. The summed E-state index contributed by atoms with van der Waals surface area (Å²) in [6.45, 7) is 1.87. The summed E-state index contributed by atoms with van der Waals surface area (Å²) in [5, 5.41) is 12.8. The lowest BCUT2D eigenvalue weighted by molar-refractivity contribution is 0.922. The van der Waals surface area contributed by atoms with Crippen LogP contribution in [0.5, 0.6) is 0 Å². The van der Waals surface area contributed by atoms with Gasteiger partial charge >= 0.3 is 0 Å². The van der Waals surface area contributed by atoms with Crippen molar-refractivity contribution in [3.63, 3.8) is 0 Å². The number of hydrogen-bond donors (Lipinski definition) is 1. The molecule has 3 rings (SSSR count). The van der Waals surface area contributed by atoms with Gasteiger partial charge in [-0.2, -0.15) is 5.26 Å². The van der Waals surface area contributed by atoms with E-state index in [0.717, 1.165) is 29.9 Å². The Balaban J connectivity index is 2.00. The molecule has 1 fully saturated rings. The molecule has 0 spiro atoms. The Kier molecular flexibility index (Phi) is 3.29. The van der Waals surface area contributed by atoms with Crippen molar-refractivity contribution in [1.29, 1.82) is 5.26 Å². The van der Waals surface area contributed by atoms with E-state index in [1.54, 1.807) is 6.07 Å². The van der Waals surface area contributed by atoms with Crippen LogP contribution in [-0.4, -0.2) is 9.97 Å². The van der Waals surface area contributed by atoms with Gasteiger partial charge in [-0.3, -0.25) is 0 Å². The minimum atomic E-state index is 0.430. The van der Waals surface area contributed by atoms with Crippen molar-refractivity contribution in [2.45, 2.75) is 25.7 Å². The highest BCUT2D eigenvalue weighted by molar-refractivity contribution is 6.30. The molecule has 1 aromatic heterocycles. The Bertz CT molecular complexity index is 702. The summed E-state index contributed by atoms with van der Waals surface area (Å²) in [4.78, 5) is 8.88. The van der Waals surface area contributed by atoms with Crippen molar-refractivity contribution in [1.82, 2.24) is 9.97 Å². The second kappa shape index (κ2) is 5.10. The fraction of sp³-hybridized carbons (Fsp3) is 0.267. The van der Waals surface area contributed by atoms with Crippen LogP contribution in [0.2, 0.25) is 5.15 Å². The van der Waals surface area contributed by atoms with Crippen LogP contribution < -0.4 is 5.32 Å². The molecule has 5 heteroatoms. The fourth-order valence-electron chi connectivity index (χ4n) is 1.97. The molecule has 0 unspecified atom stereocenters. The Morgan fingerprint density at radius 3 is 2.75 bits per heavy atom. The molecule has 2 aromatic rings. The van der Waals surface area contributed by atoms with Crippen molar-refractivity contribution in [3.8, 4) is 6.07 Å². The number of halogens is 1.